The predicted molar refractivity (Wildman–Crippen MR) is 115 cm³/mol. The van der Waals surface area contributed by atoms with Crippen LogP contribution >= 0.6 is 22.9 Å². The molecule has 3 rings (SSSR count). The molecule has 2 aromatic rings. The first-order chi connectivity index (χ1) is 14.1. The average molecular weight is 451 g/mol. The summed E-state index contributed by atoms with van der Waals surface area (Å²) in [6.45, 7) is 5.71. The molecule has 0 saturated heterocycles. The Balaban J connectivity index is 1.86. The summed E-state index contributed by atoms with van der Waals surface area (Å²) in [5.41, 5.74) is -0.0515. The van der Waals surface area contributed by atoms with E-state index in [1.807, 2.05) is 0 Å². The first kappa shape index (κ1) is 22.1. The second-order valence-corrected chi connectivity index (χ2v) is 8.95. The largest absolute Gasteiger partial charge is 0.478 e. The number of benzene rings is 1. The second-order valence-electron chi connectivity index (χ2n) is 7.41. The number of nitrogens with zero attached hydrogens (tertiary/aromatic N) is 1. The molecule has 0 unspecified atom stereocenters. The van der Waals surface area contributed by atoms with Crippen molar-refractivity contribution >= 4 is 45.7 Å². The molecule has 0 atom stereocenters. The second kappa shape index (κ2) is 8.65. The van der Waals surface area contributed by atoms with Crippen molar-refractivity contribution in [1.82, 2.24) is 4.90 Å². The Morgan fingerprint density at radius 1 is 1.20 bits per heavy atom. The van der Waals surface area contributed by atoms with E-state index in [0.29, 0.717) is 40.8 Å². The van der Waals surface area contributed by atoms with Crippen LogP contribution in [0.15, 0.2) is 24.3 Å². The summed E-state index contributed by atoms with van der Waals surface area (Å²) in [4.78, 5) is 39.7. The maximum absolute atomic E-state index is 13.0. The SMILES string of the molecule is COC(=O)c1c(NC(=O)C(C)(C)Oc2ccc(Cl)cc2)sc2c1CCN(C(C)=O)C2. The highest BCUT2D eigenvalue weighted by atomic mass is 35.5. The van der Waals surface area contributed by atoms with Crippen LogP contribution in [-0.4, -0.2) is 41.9 Å². The van der Waals surface area contributed by atoms with Gasteiger partial charge in [0.05, 0.1) is 19.2 Å². The lowest BCUT2D eigenvalue weighted by Crippen LogP contribution is -2.42. The van der Waals surface area contributed by atoms with Gasteiger partial charge in [-0.15, -0.1) is 11.3 Å². The monoisotopic (exact) mass is 450 g/mol. The van der Waals surface area contributed by atoms with E-state index in [-0.39, 0.29) is 5.91 Å². The first-order valence-electron chi connectivity index (χ1n) is 9.36. The van der Waals surface area contributed by atoms with E-state index in [1.165, 1.54) is 25.4 Å². The zero-order valence-electron chi connectivity index (χ0n) is 17.2. The van der Waals surface area contributed by atoms with Crippen LogP contribution in [0.4, 0.5) is 5.00 Å². The van der Waals surface area contributed by atoms with E-state index < -0.39 is 17.5 Å². The number of carbonyl (C=O) groups is 3. The van der Waals surface area contributed by atoms with Crippen LogP contribution in [0.2, 0.25) is 5.02 Å². The average Bonchev–Trinajstić information content (AvgIpc) is 3.05. The van der Waals surface area contributed by atoms with E-state index in [0.717, 1.165) is 10.4 Å². The van der Waals surface area contributed by atoms with Gasteiger partial charge in [0.2, 0.25) is 5.91 Å². The lowest BCUT2D eigenvalue weighted by Gasteiger charge is -2.26. The minimum atomic E-state index is -1.21. The highest BCUT2D eigenvalue weighted by molar-refractivity contribution is 7.17. The summed E-state index contributed by atoms with van der Waals surface area (Å²) >= 11 is 7.17. The third kappa shape index (κ3) is 4.60. The zero-order valence-corrected chi connectivity index (χ0v) is 18.8. The number of anilines is 1. The number of halogens is 1. The fourth-order valence-electron chi connectivity index (χ4n) is 3.18. The number of nitrogens with one attached hydrogen (secondary N) is 1. The first-order valence-corrected chi connectivity index (χ1v) is 10.6. The molecule has 1 aliphatic rings. The molecule has 1 aromatic heterocycles. The van der Waals surface area contributed by atoms with Gasteiger partial charge in [-0.25, -0.2) is 4.79 Å². The number of hydrogen-bond acceptors (Lipinski definition) is 6. The number of carbonyl (C=O) groups excluding carboxylic acids is 3. The topological polar surface area (TPSA) is 84.9 Å². The lowest BCUT2D eigenvalue weighted by atomic mass is 10.0. The molecule has 1 aliphatic heterocycles. The van der Waals surface area contributed by atoms with E-state index >= 15 is 0 Å². The van der Waals surface area contributed by atoms with Gasteiger partial charge in [-0.3, -0.25) is 9.59 Å². The van der Waals surface area contributed by atoms with Gasteiger partial charge in [0.15, 0.2) is 5.60 Å². The molecule has 1 aromatic carbocycles. The van der Waals surface area contributed by atoms with Gasteiger partial charge in [0, 0.05) is 23.4 Å². The Bertz CT molecular complexity index is 984. The van der Waals surface area contributed by atoms with Crippen molar-refractivity contribution in [2.24, 2.45) is 0 Å². The highest BCUT2D eigenvalue weighted by Gasteiger charge is 2.34. The Labute approximate surface area is 183 Å². The molecule has 0 bridgehead atoms. The fraction of sp³-hybridized carbons (Fsp3) is 0.381. The lowest BCUT2D eigenvalue weighted by molar-refractivity contribution is -0.129. The smallest absolute Gasteiger partial charge is 0.341 e. The van der Waals surface area contributed by atoms with Crippen molar-refractivity contribution in [3.05, 3.63) is 45.3 Å². The maximum atomic E-state index is 13.0. The third-order valence-corrected chi connectivity index (χ3v) is 6.24. The van der Waals surface area contributed by atoms with Crippen LogP contribution in [-0.2, 0) is 27.3 Å². The summed E-state index contributed by atoms with van der Waals surface area (Å²) < 4.78 is 10.8. The van der Waals surface area contributed by atoms with Gasteiger partial charge in [0.1, 0.15) is 10.8 Å². The van der Waals surface area contributed by atoms with E-state index in [1.54, 1.807) is 43.0 Å². The van der Waals surface area contributed by atoms with Crippen LogP contribution in [0.25, 0.3) is 0 Å². The zero-order chi connectivity index (χ0) is 22.1. The van der Waals surface area contributed by atoms with Crippen LogP contribution < -0.4 is 10.1 Å². The minimum absolute atomic E-state index is 0.0308. The van der Waals surface area contributed by atoms with E-state index in [4.69, 9.17) is 21.1 Å². The van der Waals surface area contributed by atoms with Gasteiger partial charge in [0.25, 0.3) is 5.91 Å². The molecule has 1 N–H and O–H groups in total. The third-order valence-electron chi connectivity index (χ3n) is 4.85. The minimum Gasteiger partial charge on any atom is -0.478 e. The van der Waals surface area contributed by atoms with Crippen LogP contribution in [0, 0.1) is 0 Å². The van der Waals surface area contributed by atoms with Gasteiger partial charge in [-0.05, 0) is 50.1 Å². The molecular weight excluding hydrogens is 428 g/mol. The fourth-order valence-corrected chi connectivity index (χ4v) is 4.55. The molecule has 9 heteroatoms. The number of hydrogen-bond donors (Lipinski definition) is 1. The Morgan fingerprint density at radius 3 is 2.47 bits per heavy atom. The Kier molecular flexibility index (Phi) is 6.38. The van der Waals surface area contributed by atoms with Crippen LogP contribution in [0.1, 0.15) is 41.6 Å². The highest BCUT2D eigenvalue weighted by Crippen LogP contribution is 2.38. The summed E-state index contributed by atoms with van der Waals surface area (Å²) in [7, 11) is 1.30. The van der Waals surface area contributed by atoms with Gasteiger partial charge in [-0.2, -0.15) is 0 Å². The van der Waals surface area contributed by atoms with Gasteiger partial charge < -0.3 is 19.7 Å². The van der Waals surface area contributed by atoms with Gasteiger partial charge in [-0.1, -0.05) is 11.6 Å². The Hall–Kier alpha value is -2.58. The number of ether oxygens (including phenoxy) is 2. The van der Waals surface area contributed by atoms with Crippen molar-refractivity contribution in [1.29, 1.82) is 0 Å². The number of methoxy groups -OCH3 is 1. The molecule has 30 heavy (non-hydrogen) atoms. The molecule has 7 nitrogen and oxygen atoms in total. The molecule has 0 fully saturated rings. The summed E-state index contributed by atoms with van der Waals surface area (Å²) in [6, 6.07) is 6.71. The summed E-state index contributed by atoms with van der Waals surface area (Å²) in [6.07, 6.45) is 0.524. The van der Waals surface area contributed by atoms with Crippen molar-refractivity contribution in [3.8, 4) is 5.75 Å². The van der Waals surface area contributed by atoms with E-state index in [2.05, 4.69) is 5.32 Å². The summed E-state index contributed by atoms with van der Waals surface area (Å²) in [5, 5.41) is 3.79. The predicted octanol–water partition coefficient (Wildman–Crippen LogP) is 3.89. The van der Waals surface area contributed by atoms with Crippen LogP contribution in [0.5, 0.6) is 5.75 Å². The molecule has 0 aliphatic carbocycles. The molecule has 0 radical (unpaired) electrons. The number of fused-ring (bicyclic) bond motifs is 1. The van der Waals surface area contributed by atoms with Crippen LogP contribution in [0.3, 0.4) is 0 Å². The normalized spacial score (nSPS) is 13.4. The number of amides is 2. The molecule has 160 valence electrons. The number of rotatable bonds is 5. The summed E-state index contributed by atoms with van der Waals surface area (Å²) in [5.74, 6) is -0.466. The van der Waals surface area contributed by atoms with Gasteiger partial charge >= 0.3 is 5.97 Å². The molecular formula is C21H23ClN2O5S. The molecule has 2 amide bonds. The maximum Gasteiger partial charge on any atom is 0.341 e. The quantitative estimate of drug-likeness (QED) is 0.698. The molecule has 0 spiro atoms. The van der Waals surface area contributed by atoms with Crippen molar-refractivity contribution < 1.29 is 23.9 Å². The standard InChI is InChI=1S/C21H23ClN2O5S/c1-12(25)24-10-9-15-16(11-24)30-18(17(15)19(26)28-4)23-20(27)21(2,3)29-14-7-5-13(22)6-8-14/h5-8H,9-11H2,1-4H3,(H,23,27). The number of thiophene rings is 1. The molecule has 0 saturated carbocycles. The van der Waals surface area contributed by atoms with Crippen molar-refractivity contribution in [3.63, 3.8) is 0 Å². The van der Waals surface area contributed by atoms with Crippen molar-refractivity contribution in [2.45, 2.75) is 39.3 Å². The Morgan fingerprint density at radius 2 is 1.87 bits per heavy atom. The number of esters is 1. The van der Waals surface area contributed by atoms with Crippen molar-refractivity contribution in [2.75, 3.05) is 19.0 Å². The van der Waals surface area contributed by atoms with E-state index in [9.17, 15) is 14.4 Å². The molecule has 2 heterocycles.